The molecule has 0 atom stereocenters. The van der Waals surface area contributed by atoms with Gasteiger partial charge in [-0.2, -0.15) is 0 Å². The van der Waals surface area contributed by atoms with Crippen molar-refractivity contribution in [1.29, 1.82) is 0 Å². The van der Waals surface area contributed by atoms with Gasteiger partial charge in [-0.3, -0.25) is 4.79 Å². The zero-order chi connectivity index (χ0) is 22.8. The lowest BCUT2D eigenvalue weighted by Gasteiger charge is -2.05. The summed E-state index contributed by atoms with van der Waals surface area (Å²) in [4.78, 5) is 17.2. The summed E-state index contributed by atoms with van der Waals surface area (Å²) < 4.78 is 6.02. The number of nitrogens with one attached hydrogen (secondary N) is 1. The molecule has 1 heterocycles. The van der Waals surface area contributed by atoms with Crippen molar-refractivity contribution in [2.24, 2.45) is 0 Å². The van der Waals surface area contributed by atoms with Gasteiger partial charge in [0.05, 0.1) is 0 Å². The number of aromatic nitrogens is 1. The minimum absolute atomic E-state index is 0.191. The van der Waals surface area contributed by atoms with Crippen LogP contribution in [-0.4, -0.2) is 10.9 Å². The van der Waals surface area contributed by atoms with Gasteiger partial charge in [0.1, 0.15) is 5.52 Å². The van der Waals surface area contributed by atoms with Crippen LogP contribution >= 0.6 is 0 Å². The SMILES string of the molecule is CC(C)c1ccc(/C=C/C(=O)Nc2cccc(-c3nc4c(ccc5ccccc54)o3)c2)cc1. The number of benzene rings is 4. The van der Waals surface area contributed by atoms with Gasteiger partial charge in [0.25, 0.3) is 0 Å². The molecule has 162 valence electrons. The zero-order valence-electron chi connectivity index (χ0n) is 18.6. The summed E-state index contributed by atoms with van der Waals surface area (Å²) in [5.41, 5.74) is 5.34. The van der Waals surface area contributed by atoms with Gasteiger partial charge in [-0.1, -0.05) is 74.5 Å². The smallest absolute Gasteiger partial charge is 0.248 e. The molecule has 33 heavy (non-hydrogen) atoms. The van der Waals surface area contributed by atoms with E-state index in [0.717, 1.165) is 33.0 Å². The van der Waals surface area contributed by atoms with E-state index >= 15 is 0 Å². The standard InChI is InChI=1S/C29H24N2O2/c1-19(2)21-13-10-20(11-14-21)12-17-27(32)30-24-8-5-7-23(18-24)29-31-28-25-9-4-3-6-22(25)15-16-26(28)33-29/h3-19H,1-2H3,(H,30,32)/b17-12+. The van der Waals surface area contributed by atoms with Crippen molar-refractivity contribution >= 4 is 39.5 Å². The number of nitrogens with zero attached hydrogens (tertiary/aromatic N) is 1. The number of oxazole rings is 1. The van der Waals surface area contributed by atoms with Gasteiger partial charge in [0.15, 0.2) is 5.58 Å². The Hall–Kier alpha value is -4.18. The molecule has 0 unspecified atom stereocenters. The molecular weight excluding hydrogens is 408 g/mol. The number of rotatable bonds is 5. The Bertz CT molecular complexity index is 1480. The van der Waals surface area contributed by atoms with Gasteiger partial charge in [0.2, 0.25) is 11.8 Å². The second-order valence-electron chi connectivity index (χ2n) is 8.38. The van der Waals surface area contributed by atoms with Crippen LogP contribution in [0.1, 0.15) is 30.9 Å². The van der Waals surface area contributed by atoms with Crippen LogP contribution in [0, 0.1) is 0 Å². The average Bonchev–Trinajstić information content (AvgIpc) is 3.28. The average molecular weight is 433 g/mol. The van der Waals surface area contributed by atoms with Crippen LogP contribution in [0.4, 0.5) is 5.69 Å². The van der Waals surface area contributed by atoms with E-state index in [9.17, 15) is 4.79 Å². The van der Waals surface area contributed by atoms with E-state index in [1.807, 2.05) is 72.8 Å². The van der Waals surface area contributed by atoms with E-state index in [4.69, 9.17) is 9.40 Å². The third kappa shape index (κ3) is 4.41. The highest BCUT2D eigenvalue weighted by molar-refractivity contribution is 6.04. The highest BCUT2D eigenvalue weighted by Gasteiger charge is 2.11. The van der Waals surface area contributed by atoms with Crippen molar-refractivity contribution < 1.29 is 9.21 Å². The van der Waals surface area contributed by atoms with Crippen LogP contribution < -0.4 is 5.32 Å². The Labute approximate surface area is 192 Å². The van der Waals surface area contributed by atoms with Crippen LogP contribution in [0.5, 0.6) is 0 Å². The van der Waals surface area contributed by atoms with Crippen molar-refractivity contribution in [2.45, 2.75) is 19.8 Å². The number of amides is 1. The second kappa shape index (κ2) is 8.75. The lowest BCUT2D eigenvalue weighted by molar-refractivity contribution is -0.111. The van der Waals surface area contributed by atoms with E-state index in [2.05, 4.69) is 37.4 Å². The molecule has 1 amide bonds. The highest BCUT2D eigenvalue weighted by atomic mass is 16.3. The zero-order valence-corrected chi connectivity index (χ0v) is 18.6. The predicted octanol–water partition coefficient (Wildman–Crippen LogP) is 7.42. The molecule has 0 aliphatic rings. The number of hydrogen-bond donors (Lipinski definition) is 1. The Morgan fingerprint density at radius 3 is 2.58 bits per heavy atom. The van der Waals surface area contributed by atoms with Crippen molar-refractivity contribution in [3.63, 3.8) is 0 Å². The molecule has 4 heteroatoms. The molecule has 5 aromatic rings. The Morgan fingerprint density at radius 1 is 0.939 bits per heavy atom. The lowest BCUT2D eigenvalue weighted by atomic mass is 10.0. The monoisotopic (exact) mass is 432 g/mol. The second-order valence-corrected chi connectivity index (χ2v) is 8.38. The number of fused-ring (bicyclic) bond motifs is 3. The summed E-state index contributed by atoms with van der Waals surface area (Å²) in [6.45, 7) is 4.32. The molecule has 0 saturated carbocycles. The first-order valence-corrected chi connectivity index (χ1v) is 11.0. The number of carbonyl (C=O) groups is 1. The third-order valence-corrected chi connectivity index (χ3v) is 5.69. The Morgan fingerprint density at radius 2 is 1.76 bits per heavy atom. The minimum Gasteiger partial charge on any atom is -0.436 e. The van der Waals surface area contributed by atoms with Gasteiger partial charge in [0, 0.05) is 22.7 Å². The molecule has 5 rings (SSSR count). The molecule has 4 aromatic carbocycles. The summed E-state index contributed by atoms with van der Waals surface area (Å²) in [6, 6.07) is 27.9. The van der Waals surface area contributed by atoms with Crippen molar-refractivity contribution in [3.8, 4) is 11.5 Å². The highest BCUT2D eigenvalue weighted by Crippen LogP contribution is 2.30. The third-order valence-electron chi connectivity index (χ3n) is 5.69. The van der Waals surface area contributed by atoms with Crippen LogP contribution in [0.3, 0.4) is 0 Å². The summed E-state index contributed by atoms with van der Waals surface area (Å²) in [6.07, 6.45) is 3.36. The molecule has 4 nitrogen and oxygen atoms in total. The van der Waals surface area contributed by atoms with Gasteiger partial charge in [-0.15, -0.1) is 0 Å². The summed E-state index contributed by atoms with van der Waals surface area (Å²) in [5.74, 6) is 0.820. The van der Waals surface area contributed by atoms with E-state index in [0.29, 0.717) is 17.5 Å². The predicted molar refractivity (Wildman–Crippen MR) is 135 cm³/mol. The van der Waals surface area contributed by atoms with Crippen LogP contribution in [0.25, 0.3) is 39.4 Å². The van der Waals surface area contributed by atoms with Crippen LogP contribution in [0.15, 0.2) is 95.4 Å². The Balaban J connectivity index is 1.35. The molecular formula is C29H24N2O2. The maximum Gasteiger partial charge on any atom is 0.248 e. The van der Waals surface area contributed by atoms with E-state index in [1.165, 1.54) is 5.56 Å². The van der Waals surface area contributed by atoms with Gasteiger partial charge >= 0.3 is 0 Å². The van der Waals surface area contributed by atoms with E-state index in [1.54, 1.807) is 6.08 Å². The summed E-state index contributed by atoms with van der Waals surface area (Å²) in [5, 5.41) is 5.10. The van der Waals surface area contributed by atoms with Gasteiger partial charge in [-0.25, -0.2) is 4.98 Å². The minimum atomic E-state index is -0.191. The first-order chi connectivity index (χ1) is 16.1. The van der Waals surface area contributed by atoms with Crippen LogP contribution in [0.2, 0.25) is 0 Å². The largest absolute Gasteiger partial charge is 0.436 e. The normalized spacial score (nSPS) is 11.6. The molecule has 1 aromatic heterocycles. The van der Waals surface area contributed by atoms with Crippen molar-refractivity contribution in [2.75, 3.05) is 5.32 Å². The number of hydrogen-bond acceptors (Lipinski definition) is 3. The topological polar surface area (TPSA) is 55.1 Å². The molecule has 0 aliphatic carbocycles. The summed E-state index contributed by atoms with van der Waals surface area (Å²) >= 11 is 0. The first kappa shape index (κ1) is 20.7. The molecule has 0 aliphatic heterocycles. The fourth-order valence-electron chi connectivity index (χ4n) is 3.86. The molecule has 0 saturated heterocycles. The quantitative estimate of drug-likeness (QED) is 0.294. The van der Waals surface area contributed by atoms with Gasteiger partial charge in [-0.05, 0) is 52.8 Å². The maximum absolute atomic E-state index is 12.5. The van der Waals surface area contributed by atoms with E-state index < -0.39 is 0 Å². The van der Waals surface area contributed by atoms with Crippen molar-refractivity contribution in [1.82, 2.24) is 4.98 Å². The molecule has 0 spiro atoms. The Kier molecular flexibility index (Phi) is 5.49. The molecule has 0 fully saturated rings. The summed E-state index contributed by atoms with van der Waals surface area (Å²) in [7, 11) is 0. The molecule has 0 radical (unpaired) electrons. The fraction of sp³-hybridized carbons (Fsp3) is 0.103. The molecule has 0 bridgehead atoms. The van der Waals surface area contributed by atoms with Gasteiger partial charge < -0.3 is 9.73 Å². The van der Waals surface area contributed by atoms with Crippen LogP contribution in [-0.2, 0) is 4.79 Å². The lowest BCUT2D eigenvalue weighted by Crippen LogP contribution is -2.07. The number of anilines is 1. The van der Waals surface area contributed by atoms with Crippen molar-refractivity contribution in [3.05, 3.63) is 102 Å². The maximum atomic E-state index is 12.5. The fourth-order valence-corrected chi connectivity index (χ4v) is 3.86. The first-order valence-electron chi connectivity index (χ1n) is 11.0. The molecule has 1 N–H and O–H groups in total. The van der Waals surface area contributed by atoms with E-state index in [-0.39, 0.29) is 5.91 Å². The number of carbonyl (C=O) groups excluding carboxylic acids is 1.